The molecule has 178 valence electrons. The lowest BCUT2D eigenvalue weighted by molar-refractivity contribution is -0.144. The van der Waals surface area contributed by atoms with Crippen molar-refractivity contribution in [2.24, 2.45) is 5.14 Å². The minimum atomic E-state index is -3.84. The molecule has 9 heteroatoms. The van der Waals surface area contributed by atoms with Crippen molar-refractivity contribution in [1.29, 1.82) is 0 Å². The summed E-state index contributed by atoms with van der Waals surface area (Å²) in [6.45, 7) is 2.77. The van der Waals surface area contributed by atoms with E-state index < -0.39 is 10.0 Å². The molecule has 0 saturated heterocycles. The molecule has 0 atom stereocenters. The molecule has 2 heterocycles. The van der Waals surface area contributed by atoms with Gasteiger partial charge >= 0.3 is 5.97 Å². The summed E-state index contributed by atoms with van der Waals surface area (Å²) >= 11 is 0. The topological polar surface area (TPSA) is 117 Å². The van der Waals surface area contributed by atoms with Crippen LogP contribution in [0.4, 0.5) is 0 Å². The average molecular weight is 482 g/mol. The van der Waals surface area contributed by atoms with Crippen LogP contribution >= 0.6 is 0 Å². The molecule has 0 unspecified atom stereocenters. The summed E-state index contributed by atoms with van der Waals surface area (Å²) < 4.78 is 36.7. The van der Waals surface area contributed by atoms with E-state index in [2.05, 4.69) is 24.0 Å². The lowest BCUT2D eigenvalue weighted by Gasteiger charge is -2.09. The van der Waals surface area contributed by atoms with E-state index in [0.717, 1.165) is 54.2 Å². The van der Waals surface area contributed by atoms with Crippen molar-refractivity contribution >= 4 is 38.0 Å². The Morgan fingerprint density at radius 3 is 2.76 bits per heavy atom. The molecular weight excluding hydrogens is 454 g/mol. The van der Waals surface area contributed by atoms with Crippen LogP contribution < -0.4 is 5.14 Å². The SMILES string of the molecule is CCCCn1c(COC(=O)Cc2coc3cc4c(cc23)CCC4)nc2cc(S(N)(=O)=O)ccc21. The van der Waals surface area contributed by atoms with Crippen LogP contribution in [0.1, 0.15) is 48.7 Å². The number of sulfonamides is 1. The number of nitrogens with two attached hydrogens (primary N) is 1. The first kappa shape index (κ1) is 22.6. The molecule has 4 aromatic rings. The molecule has 2 aromatic heterocycles. The van der Waals surface area contributed by atoms with Crippen molar-refractivity contribution in [3.05, 3.63) is 59.1 Å². The van der Waals surface area contributed by atoms with Crippen LogP contribution in [-0.4, -0.2) is 23.9 Å². The standard InChI is InChI=1S/C25H27N3O5S/c1-2-3-9-28-22-8-7-19(34(26,30)31)13-21(22)27-24(28)15-33-25(29)12-18-14-32-23-11-17-6-4-5-16(17)10-20(18)23/h7-8,10-11,13-14H,2-6,9,12,15H2,1H3,(H2,26,30,31). The van der Waals surface area contributed by atoms with Crippen LogP contribution in [0.2, 0.25) is 0 Å². The van der Waals surface area contributed by atoms with E-state index in [4.69, 9.17) is 14.3 Å². The second kappa shape index (κ2) is 8.88. The fraction of sp³-hybridized carbons (Fsp3) is 0.360. The second-order valence-corrected chi connectivity index (χ2v) is 10.4. The summed E-state index contributed by atoms with van der Waals surface area (Å²) in [5.41, 5.74) is 5.55. The lowest BCUT2D eigenvalue weighted by atomic mass is 10.0. The van der Waals surface area contributed by atoms with E-state index in [0.29, 0.717) is 17.9 Å². The number of aryl methyl sites for hydroxylation is 3. The van der Waals surface area contributed by atoms with E-state index in [1.54, 1.807) is 12.3 Å². The Morgan fingerprint density at radius 2 is 2.00 bits per heavy atom. The van der Waals surface area contributed by atoms with Gasteiger partial charge in [0.2, 0.25) is 10.0 Å². The van der Waals surface area contributed by atoms with Gasteiger partial charge in [0.25, 0.3) is 0 Å². The first-order valence-corrected chi connectivity index (χ1v) is 13.1. The lowest BCUT2D eigenvalue weighted by Crippen LogP contribution is -2.12. The number of aromatic nitrogens is 2. The zero-order chi connectivity index (χ0) is 23.9. The molecule has 2 aromatic carbocycles. The summed E-state index contributed by atoms with van der Waals surface area (Å²) in [6, 6.07) is 8.83. The molecule has 1 aliphatic carbocycles. The van der Waals surface area contributed by atoms with Crippen molar-refractivity contribution in [3.63, 3.8) is 0 Å². The van der Waals surface area contributed by atoms with E-state index >= 15 is 0 Å². The quantitative estimate of drug-likeness (QED) is 0.380. The molecule has 2 N–H and O–H groups in total. The predicted molar refractivity (Wildman–Crippen MR) is 128 cm³/mol. The van der Waals surface area contributed by atoms with Crippen molar-refractivity contribution < 1.29 is 22.4 Å². The molecule has 0 spiro atoms. The van der Waals surface area contributed by atoms with Gasteiger partial charge in [-0.25, -0.2) is 18.5 Å². The van der Waals surface area contributed by atoms with Gasteiger partial charge in [0.1, 0.15) is 18.0 Å². The van der Waals surface area contributed by atoms with Crippen LogP contribution in [-0.2, 0) is 52.0 Å². The number of hydrogen-bond donors (Lipinski definition) is 1. The van der Waals surface area contributed by atoms with Gasteiger partial charge < -0.3 is 13.7 Å². The number of benzene rings is 2. The third kappa shape index (κ3) is 4.33. The fourth-order valence-corrected chi connectivity index (χ4v) is 5.18. The molecular formula is C25H27N3O5S. The van der Waals surface area contributed by atoms with Gasteiger partial charge in [-0.3, -0.25) is 4.79 Å². The third-order valence-corrected chi connectivity index (χ3v) is 7.34. The smallest absolute Gasteiger partial charge is 0.310 e. The van der Waals surface area contributed by atoms with Crippen molar-refractivity contribution in [1.82, 2.24) is 9.55 Å². The van der Waals surface area contributed by atoms with Crippen molar-refractivity contribution in [3.8, 4) is 0 Å². The summed E-state index contributed by atoms with van der Waals surface area (Å²) in [7, 11) is -3.84. The van der Waals surface area contributed by atoms with Gasteiger partial charge in [0.05, 0.1) is 28.6 Å². The molecule has 8 nitrogen and oxygen atoms in total. The van der Waals surface area contributed by atoms with Gasteiger partial charge in [-0.15, -0.1) is 0 Å². The Bertz CT molecular complexity index is 1500. The molecule has 5 rings (SSSR count). The number of ether oxygens (including phenoxy) is 1. The highest BCUT2D eigenvalue weighted by Gasteiger charge is 2.19. The summed E-state index contributed by atoms with van der Waals surface area (Å²) in [5, 5.41) is 6.23. The van der Waals surface area contributed by atoms with Gasteiger partial charge in [-0.1, -0.05) is 13.3 Å². The number of fused-ring (bicyclic) bond motifs is 3. The first-order chi connectivity index (χ1) is 16.3. The molecule has 0 aliphatic heterocycles. The zero-order valence-corrected chi connectivity index (χ0v) is 19.9. The van der Waals surface area contributed by atoms with Crippen LogP contribution in [0.5, 0.6) is 0 Å². The Morgan fingerprint density at radius 1 is 1.21 bits per heavy atom. The fourth-order valence-electron chi connectivity index (χ4n) is 4.65. The van der Waals surface area contributed by atoms with Gasteiger partial charge in [0, 0.05) is 17.5 Å². The summed E-state index contributed by atoms with van der Waals surface area (Å²) in [4.78, 5) is 17.2. The maximum atomic E-state index is 12.7. The Labute approximate surface area is 197 Å². The van der Waals surface area contributed by atoms with E-state index in [1.807, 2.05) is 4.57 Å². The number of esters is 1. The Balaban J connectivity index is 1.35. The molecule has 0 fully saturated rings. The van der Waals surface area contributed by atoms with Crippen LogP contribution in [0.3, 0.4) is 0 Å². The minimum absolute atomic E-state index is 0.00186. The number of unbranched alkanes of at least 4 members (excludes halogenated alkanes) is 1. The average Bonchev–Trinajstić information content (AvgIpc) is 3.50. The maximum absolute atomic E-state index is 12.7. The maximum Gasteiger partial charge on any atom is 0.310 e. The predicted octanol–water partition coefficient (Wildman–Crippen LogP) is 4.00. The first-order valence-electron chi connectivity index (χ1n) is 11.5. The number of furan rings is 1. The van der Waals surface area contributed by atoms with Gasteiger partial charge in [-0.2, -0.15) is 0 Å². The van der Waals surface area contributed by atoms with E-state index in [-0.39, 0.29) is 23.9 Å². The Hall–Kier alpha value is -3.17. The number of rotatable bonds is 8. The minimum Gasteiger partial charge on any atom is -0.464 e. The Kier molecular flexibility index (Phi) is 5.91. The number of nitrogens with zero attached hydrogens (tertiary/aromatic N) is 2. The molecule has 1 aliphatic rings. The normalized spacial score (nSPS) is 13.6. The number of imidazole rings is 1. The number of carbonyl (C=O) groups excluding carboxylic acids is 1. The number of primary sulfonamides is 1. The van der Waals surface area contributed by atoms with Crippen LogP contribution in [0.25, 0.3) is 22.0 Å². The summed E-state index contributed by atoms with van der Waals surface area (Å²) in [5.74, 6) is 0.195. The monoisotopic (exact) mass is 481 g/mol. The van der Waals surface area contributed by atoms with Crippen LogP contribution in [0, 0.1) is 0 Å². The summed E-state index contributed by atoms with van der Waals surface area (Å²) in [6.07, 6.45) is 6.91. The van der Waals surface area contributed by atoms with E-state index in [9.17, 15) is 13.2 Å². The van der Waals surface area contributed by atoms with Crippen LogP contribution in [0.15, 0.2) is 45.9 Å². The third-order valence-electron chi connectivity index (χ3n) is 6.43. The molecule has 0 saturated carbocycles. The highest BCUT2D eigenvalue weighted by molar-refractivity contribution is 7.89. The van der Waals surface area contributed by atoms with Crippen molar-refractivity contribution in [2.75, 3.05) is 0 Å². The van der Waals surface area contributed by atoms with Gasteiger partial charge in [-0.05, 0) is 67.1 Å². The van der Waals surface area contributed by atoms with E-state index in [1.165, 1.54) is 23.3 Å². The number of hydrogen-bond acceptors (Lipinski definition) is 6. The molecule has 0 amide bonds. The molecule has 34 heavy (non-hydrogen) atoms. The number of carbonyl (C=O) groups is 1. The van der Waals surface area contributed by atoms with Crippen molar-refractivity contribution in [2.45, 2.75) is 63.5 Å². The highest BCUT2D eigenvalue weighted by atomic mass is 32.2. The highest BCUT2D eigenvalue weighted by Crippen LogP contribution is 2.30. The van der Waals surface area contributed by atoms with Gasteiger partial charge in [0.15, 0.2) is 0 Å². The second-order valence-electron chi connectivity index (χ2n) is 8.80. The largest absolute Gasteiger partial charge is 0.464 e. The molecule has 0 radical (unpaired) electrons. The molecule has 0 bridgehead atoms. The zero-order valence-electron chi connectivity index (χ0n) is 19.0.